The van der Waals surface area contributed by atoms with Crippen molar-refractivity contribution in [1.29, 1.82) is 0 Å². The number of carbonyl (C=O) groups is 1. The van der Waals surface area contributed by atoms with Gasteiger partial charge >= 0.3 is 5.97 Å². The first-order valence-corrected chi connectivity index (χ1v) is 12.2. The van der Waals surface area contributed by atoms with Crippen molar-refractivity contribution in [1.82, 2.24) is 0 Å². The van der Waals surface area contributed by atoms with Crippen LogP contribution in [0.1, 0.15) is 43.7 Å². The number of hydrogen-bond donors (Lipinski definition) is 0. The summed E-state index contributed by atoms with van der Waals surface area (Å²) in [5, 5.41) is 0. The van der Waals surface area contributed by atoms with Gasteiger partial charge in [0.15, 0.2) is 5.69 Å². The van der Waals surface area contributed by atoms with Gasteiger partial charge in [0.25, 0.3) is 0 Å². The van der Waals surface area contributed by atoms with E-state index in [1.54, 1.807) is 7.11 Å². The van der Waals surface area contributed by atoms with Crippen molar-refractivity contribution in [2.24, 2.45) is 10.3 Å². The van der Waals surface area contributed by atoms with E-state index >= 15 is 0 Å². The van der Waals surface area contributed by atoms with Crippen LogP contribution in [0, 0.1) is 12.8 Å². The first-order valence-electron chi connectivity index (χ1n) is 10.5. The molecule has 1 heterocycles. The number of allylic oxidation sites excluding steroid dienone is 2. The van der Waals surface area contributed by atoms with E-state index in [1.807, 2.05) is 63.2 Å². The minimum absolute atomic E-state index is 0.269. The van der Waals surface area contributed by atoms with Gasteiger partial charge in [-0.05, 0) is 73.0 Å². The van der Waals surface area contributed by atoms with Crippen LogP contribution in [0.15, 0.2) is 63.4 Å². The standard InChI is InChI=1S/C25H31NO4S/c1-17(2)10-9-13-20(25(27)30-5)22-16-31(28,19-11-7-6-8-12-19)26-24-21(22)14-18(3)15-23(24)29-4/h6-8,10-12,14-15,20,22H,9,13,16H2,1-5H3/t20-,22+,31?/m0/s1. The Morgan fingerprint density at radius 1 is 1.26 bits per heavy atom. The smallest absolute Gasteiger partial charge is 0.309 e. The number of rotatable bonds is 7. The summed E-state index contributed by atoms with van der Waals surface area (Å²) in [6.45, 7) is 6.07. The highest BCUT2D eigenvalue weighted by molar-refractivity contribution is 8.00. The Morgan fingerprint density at radius 2 is 1.97 bits per heavy atom. The molecular weight excluding hydrogens is 410 g/mol. The lowest BCUT2D eigenvalue weighted by molar-refractivity contribution is -0.146. The van der Waals surface area contributed by atoms with Crippen LogP contribution < -0.4 is 4.74 Å². The molecule has 0 saturated carbocycles. The fraction of sp³-hybridized carbons (Fsp3) is 0.400. The van der Waals surface area contributed by atoms with E-state index in [4.69, 9.17) is 13.8 Å². The minimum atomic E-state index is -2.78. The zero-order valence-electron chi connectivity index (χ0n) is 18.9. The molecule has 0 spiro atoms. The van der Waals surface area contributed by atoms with Gasteiger partial charge in [0.05, 0.1) is 20.1 Å². The van der Waals surface area contributed by atoms with E-state index in [9.17, 15) is 9.35 Å². The van der Waals surface area contributed by atoms with E-state index in [0.29, 0.717) is 22.8 Å². The number of nitrogens with zero attached hydrogens (tertiary/aromatic N) is 1. The molecule has 1 aliphatic heterocycles. The molecule has 0 bridgehead atoms. The quantitative estimate of drug-likeness (QED) is 0.309. The summed E-state index contributed by atoms with van der Waals surface area (Å²) in [7, 11) is 0.218. The van der Waals surface area contributed by atoms with Gasteiger partial charge in [-0.3, -0.25) is 4.79 Å². The normalized spacial score (nSPS) is 20.8. The zero-order chi connectivity index (χ0) is 22.6. The highest BCUT2D eigenvalue weighted by Crippen LogP contribution is 2.48. The zero-order valence-corrected chi connectivity index (χ0v) is 19.7. The molecule has 5 nitrogen and oxygen atoms in total. The van der Waals surface area contributed by atoms with E-state index in [0.717, 1.165) is 17.5 Å². The summed E-state index contributed by atoms with van der Waals surface area (Å²) in [6.07, 6.45) is 3.48. The van der Waals surface area contributed by atoms with Crippen LogP contribution in [0.5, 0.6) is 5.75 Å². The fourth-order valence-corrected chi connectivity index (χ4v) is 6.47. The van der Waals surface area contributed by atoms with Crippen molar-refractivity contribution < 1.29 is 18.8 Å². The number of carbonyl (C=O) groups excluding carboxylic acids is 1. The van der Waals surface area contributed by atoms with E-state index < -0.39 is 16.0 Å². The Balaban J connectivity index is 2.18. The molecule has 3 atom stereocenters. The Bertz CT molecular complexity index is 1030. The van der Waals surface area contributed by atoms with Gasteiger partial charge in [-0.1, -0.05) is 40.3 Å². The van der Waals surface area contributed by atoms with Crippen molar-refractivity contribution in [3.63, 3.8) is 0 Å². The van der Waals surface area contributed by atoms with Crippen molar-refractivity contribution in [2.75, 3.05) is 20.0 Å². The molecule has 1 aliphatic rings. The predicted molar refractivity (Wildman–Crippen MR) is 124 cm³/mol. The van der Waals surface area contributed by atoms with Crippen molar-refractivity contribution in [2.45, 2.75) is 44.4 Å². The molecule has 166 valence electrons. The average molecular weight is 442 g/mol. The molecule has 3 rings (SSSR count). The number of hydrogen-bond acceptors (Lipinski definition) is 5. The summed E-state index contributed by atoms with van der Waals surface area (Å²) >= 11 is 0. The molecule has 31 heavy (non-hydrogen) atoms. The topological polar surface area (TPSA) is 71.0 Å². The van der Waals surface area contributed by atoms with E-state index in [1.165, 1.54) is 12.7 Å². The fourth-order valence-electron chi connectivity index (χ4n) is 4.13. The Morgan fingerprint density at radius 3 is 2.58 bits per heavy atom. The average Bonchev–Trinajstić information content (AvgIpc) is 2.76. The first-order chi connectivity index (χ1) is 14.8. The summed E-state index contributed by atoms with van der Waals surface area (Å²) in [5.41, 5.74) is 3.69. The number of ether oxygens (including phenoxy) is 2. The third kappa shape index (κ3) is 5.08. The summed E-state index contributed by atoms with van der Waals surface area (Å²) in [5.74, 6) is -0.143. The van der Waals surface area contributed by atoms with E-state index in [2.05, 4.69) is 6.08 Å². The monoisotopic (exact) mass is 441 g/mol. The second kappa shape index (κ2) is 9.79. The van der Waals surface area contributed by atoms with Crippen LogP contribution >= 0.6 is 0 Å². The van der Waals surface area contributed by atoms with Crippen LogP contribution in [0.4, 0.5) is 5.69 Å². The van der Waals surface area contributed by atoms with Crippen LogP contribution in [-0.4, -0.2) is 30.5 Å². The molecule has 0 aliphatic carbocycles. The maximum atomic E-state index is 14.1. The summed E-state index contributed by atoms with van der Waals surface area (Å²) in [6, 6.07) is 13.2. The molecule has 0 N–H and O–H groups in total. The van der Waals surface area contributed by atoms with Crippen LogP contribution in [-0.2, 0) is 19.6 Å². The summed E-state index contributed by atoms with van der Waals surface area (Å²) in [4.78, 5) is 13.6. The maximum absolute atomic E-state index is 14.1. The summed E-state index contributed by atoms with van der Waals surface area (Å²) < 4.78 is 29.7. The number of methoxy groups -OCH3 is 2. The molecule has 0 saturated heterocycles. The lowest BCUT2D eigenvalue weighted by Gasteiger charge is -2.35. The number of esters is 1. The lowest BCUT2D eigenvalue weighted by atomic mass is 9.82. The Hall–Kier alpha value is -2.44. The molecule has 0 aromatic heterocycles. The van der Waals surface area contributed by atoms with E-state index in [-0.39, 0.29) is 17.6 Å². The second-order valence-electron chi connectivity index (χ2n) is 8.21. The molecular formula is C25H31NO4S. The van der Waals surface area contributed by atoms with Gasteiger partial charge in [0.1, 0.15) is 16.4 Å². The van der Waals surface area contributed by atoms with Crippen molar-refractivity contribution in [3.8, 4) is 5.75 Å². The lowest BCUT2D eigenvalue weighted by Crippen LogP contribution is -2.33. The highest BCUT2D eigenvalue weighted by atomic mass is 32.3. The number of aryl methyl sites for hydroxylation is 1. The minimum Gasteiger partial charge on any atom is -0.626 e. The third-order valence-corrected chi connectivity index (χ3v) is 7.94. The van der Waals surface area contributed by atoms with Crippen LogP contribution in [0.25, 0.3) is 0 Å². The third-order valence-electron chi connectivity index (χ3n) is 5.64. The molecule has 0 amide bonds. The first kappa shape index (κ1) is 23.2. The van der Waals surface area contributed by atoms with Gasteiger partial charge < -0.3 is 14.0 Å². The van der Waals surface area contributed by atoms with Crippen LogP contribution in [0.3, 0.4) is 0 Å². The number of benzene rings is 2. The SMILES string of the molecule is COC(=O)[C@@H](CCC=C(C)C)[C@H]1C[S+]([O-])(c2ccccc2)=Nc2c(OC)cc(C)cc21. The molecule has 2 aromatic carbocycles. The van der Waals surface area contributed by atoms with Crippen molar-refractivity contribution >= 4 is 21.8 Å². The number of fused-ring (bicyclic) bond motifs is 1. The maximum Gasteiger partial charge on any atom is 0.309 e. The molecule has 1 unspecified atom stereocenters. The predicted octanol–water partition coefficient (Wildman–Crippen LogP) is 5.80. The van der Waals surface area contributed by atoms with Crippen molar-refractivity contribution in [3.05, 3.63) is 65.2 Å². The Labute approximate surface area is 186 Å². The highest BCUT2D eigenvalue weighted by Gasteiger charge is 2.41. The Kier molecular flexibility index (Phi) is 7.34. The van der Waals surface area contributed by atoms with Gasteiger partial charge in [0, 0.05) is 5.92 Å². The van der Waals surface area contributed by atoms with Gasteiger partial charge in [-0.25, -0.2) is 0 Å². The molecule has 0 radical (unpaired) electrons. The molecule has 0 fully saturated rings. The van der Waals surface area contributed by atoms with Crippen LogP contribution in [0.2, 0.25) is 0 Å². The van der Waals surface area contributed by atoms with Gasteiger partial charge in [-0.15, -0.1) is 0 Å². The molecule has 6 heteroatoms. The van der Waals surface area contributed by atoms with Gasteiger partial charge in [0.2, 0.25) is 0 Å². The van der Waals surface area contributed by atoms with Gasteiger partial charge in [-0.2, -0.15) is 0 Å². The second-order valence-corrected chi connectivity index (χ2v) is 10.5. The largest absolute Gasteiger partial charge is 0.626 e. The molecule has 2 aromatic rings.